The van der Waals surface area contributed by atoms with Crippen LogP contribution in [-0.4, -0.2) is 37.2 Å². The van der Waals surface area contributed by atoms with E-state index in [0.29, 0.717) is 16.8 Å². The van der Waals surface area contributed by atoms with Gasteiger partial charge in [0.15, 0.2) is 6.61 Å². The van der Waals surface area contributed by atoms with Gasteiger partial charge in [0.25, 0.3) is 5.91 Å². The number of benzene rings is 2. The molecule has 2 aromatic rings. The number of thioether (sulfide) groups is 1. The molecule has 0 aromatic heterocycles. The second-order valence-corrected chi connectivity index (χ2v) is 7.79. The van der Waals surface area contributed by atoms with Crippen molar-refractivity contribution < 1.29 is 27.4 Å². The summed E-state index contributed by atoms with van der Waals surface area (Å²) in [5.74, 6) is 0.530. The number of nitrogens with one attached hydrogen (secondary N) is 1. The summed E-state index contributed by atoms with van der Waals surface area (Å²) in [5, 5.41) is 2.79. The van der Waals surface area contributed by atoms with E-state index in [0.717, 1.165) is 30.1 Å². The van der Waals surface area contributed by atoms with Crippen LogP contribution in [0.2, 0.25) is 0 Å². The number of carbonyl (C=O) groups is 1. The number of carbonyl (C=O) groups excluding carboxylic acids is 1. The number of hydrogen-bond acceptors (Lipinski definition) is 4. The van der Waals surface area contributed by atoms with Crippen molar-refractivity contribution in [3.05, 3.63) is 53.6 Å². The summed E-state index contributed by atoms with van der Waals surface area (Å²) in [6.07, 6.45) is -2.16. The molecule has 1 amide bonds. The molecule has 1 heterocycles. The minimum Gasteiger partial charge on any atom is -0.484 e. The Kier molecular flexibility index (Phi) is 7.08. The molecule has 0 bridgehead atoms. The van der Waals surface area contributed by atoms with E-state index in [9.17, 15) is 18.0 Å². The molecule has 0 radical (unpaired) electrons. The SMILES string of the molecule is Cc1c(NC(=O)c2ccccc2SCC2CCCO2)cccc1OCC(F)(F)F. The summed E-state index contributed by atoms with van der Waals surface area (Å²) in [4.78, 5) is 13.7. The highest BCUT2D eigenvalue weighted by Gasteiger charge is 2.29. The Balaban J connectivity index is 1.70. The van der Waals surface area contributed by atoms with Gasteiger partial charge in [-0.1, -0.05) is 18.2 Å². The predicted molar refractivity (Wildman–Crippen MR) is 107 cm³/mol. The largest absolute Gasteiger partial charge is 0.484 e. The van der Waals surface area contributed by atoms with Crippen LogP contribution in [0.1, 0.15) is 28.8 Å². The van der Waals surface area contributed by atoms with Crippen molar-refractivity contribution >= 4 is 23.4 Å². The molecule has 0 spiro atoms. The molecule has 1 unspecified atom stereocenters. The van der Waals surface area contributed by atoms with Crippen molar-refractivity contribution in [2.24, 2.45) is 0 Å². The maximum absolute atomic E-state index is 12.8. The van der Waals surface area contributed by atoms with Crippen LogP contribution in [0.4, 0.5) is 18.9 Å². The topological polar surface area (TPSA) is 47.6 Å². The normalized spacial score (nSPS) is 16.6. The van der Waals surface area contributed by atoms with Crippen LogP contribution >= 0.6 is 11.8 Å². The summed E-state index contributed by atoms with van der Waals surface area (Å²) in [5.41, 5.74) is 1.36. The Hall–Kier alpha value is -2.19. The van der Waals surface area contributed by atoms with Gasteiger partial charge in [-0.15, -0.1) is 11.8 Å². The maximum Gasteiger partial charge on any atom is 0.422 e. The van der Waals surface area contributed by atoms with E-state index in [1.54, 1.807) is 43.0 Å². The summed E-state index contributed by atoms with van der Waals surface area (Å²) >= 11 is 1.57. The van der Waals surface area contributed by atoms with E-state index in [-0.39, 0.29) is 17.8 Å². The first-order valence-electron chi connectivity index (χ1n) is 9.27. The first-order chi connectivity index (χ1) is 13.8. The molecular formula is C21H22F3NO3S. The number of ether oxygens (including phenoxy) is 2. The molecule has 29 heavy (non-hydrogen) atoms. The van der Waals surface area contributed by atoms with Gasteiger partial charge in [-0.3, -0.25) is 4.79 Å². The third-order valence-corrected chi connectivity index (χ3v) is 5.71. The van der Waals surface area contributed by atoms with E-state index >= 15 is 0 Å². The Labute approximate surface area is 171 Å². The van der Waals surface area contributed by atoms with E-state index in [4.69, 9.17) is 9.47 Å². The number of alkyl halides is 3. The minimum atomic E-state index is -4.43. The van der Waals surface area contributed by atoms with Crippen molar-refractivity contribution in [3.63, 3.8) is 0 Å². The third kappa shape index (κ3) is 6.14. The van der Waals surface area contributed by atoms with Crippen LogP contribution in [0.25, 0.3) is 0 Å². The Morgan fingerprint density at radius 2 is 2.03 bits per heavy atom. The van der Waals surface area contributed by atoms with Crippen LogP contribution in [0, 0.1) is 6.92 Å². The molecule has 156 valence electrons. The van der Waals surface area contributed by atoms with Gasteiger partial charge in [0.05, 0.1) is 11.7 Å². The Morgan fingerprint density at radius 1 is 1.24 bits per heavy atom. The molecule has 1 aliphatic heterocycles. The van der Waals surface area contributed by atoms with Gasteiger partial charge in [-0.05, 0) is 44.0 Å². The van der Waals surface area contributed by atoms with Crippen LogP contribution < -0.4 is 10.1 Å². The second kappa shape index (κ2) is 9.54. The highest BCUT2D eigenvalue weighted by Crippen LogP contribution is 2.30. The minimum absolute atomic E-state index is 0.0844. The van der Waals surface area contributed by atoms with Crippen molar-refractivity contribution in [3.8, 4) is 5.75 Å². The summed E-state index contributed by atoms with van der Waals surface area (Å²) in [6, 6.07) is 11.9. The first kappa shape index (κ1) is 21.5. The zero-order chi connectivity index (χ0) is 20.9. The van der Waals surface area contributed by atoms with E-state index in [2.05, 4.69) is 5.32 Å². The molecule has 1 saturated heterocycles. The molecule has 1 atom stereocenters. The first-order valence-corrected chi connectivity index (χ1v) is 10.3. The van der Waals surface area contributed by atoms with Crippen molar-refractivity contribution in [1.82, 2.24) is 0 Å². The molecule has 0 saturated carbocycles. The van der Waals surface area contributed by atoms with Crippen LogP contribution in [0.3, 0.4) is 0 Å². The highest BCUT2D eigenvalue weighted by atomic mass is 32.2. The fourth-order valence-electron chi connectivity index (χ4n) is 2.99. The standard InChI is InChI=1S/C21H22F3NO3S/c1-14-17(8-4-9-18(14)28-13-21(22,23)24)25-20(26)16-7-2-3-10-19(16)29-12-15-6-5-11-27-15/h2-4,7-10,15H,5-6,11-13H2,1H3,(H,25,26). The lowest BCUT2D eigenvalue weighted by molar-refractivity contribution is -0.153. The molecule has 4 nitrogen and oxygen atoms in total. The van der Waals surface area contributed by atoms with Gasteiger partial charge in [0.1, 0.15) is 5.75 Å². The van der Waals surface area contributed by atoms with Gasteiger partial charge in [0.2, 0.25) is 0 Å². The monoisotopic (exact) mass is 425 g/mol. The second-order valence-electron chi connectivity index (χ2n) is 6.73. The number of anilines is 1. The average molecular weight is 425 g/mol. The van der Waals surface area contributed by atoms with E-state index in [1.807, 2.05) is 12.1 Å². The lowest BCUT2D eigenvalue weighted by atomic mass is 10.1. The quantitative estimate of drug-likeness (QED) is 0.599. The number of amides is 1. The predicted octanol–water partition coefficient (Wildman–Crippen LogP) is 5.46. The van der Waals surface area contributed by atoms with Gasteiger partial charge < -0.3 is 14.8 Å². The number of hydrogen-bond donors (Lipinski definition) is 1. The Bertz CT molecular complexity index is 851. The fourth-order valence-corrected chi connectivity index (χ4v) is 4.11. The van der Waals surface area contributed by atoms with Gasteiger partial charge in [-0.2, -0.15) is 13.2 Å². The lowest BCUT2D eigenvalue weighted by Crippen LogP contribution is -2.20. The third-order valence-electron chi connectivity index (χ3n) is 4.50. The van der Waals surface area contributed by atoms with E-state index < -0.39 is 12.8 Å². The van der Waals surface area contributed by atoms with Crippen LogP contribution in [0.5, 0.6) is 5.75 Å². The highest BCUT2D eigenvalue weighted by molar-refractivity contribution is 7.99. The Morgan fingerprint density at radius 3 is 2.76 bits per heavy atom. The average Bonchev–Trinajstić information content (AvgIpc) is 3.20. The van der Waals surface area contributed by atoms with Crippen LogP contribution in [-0.2, 0) is 4.74 Å². The van der Waals surface area contributed by atoms with Crippen molar-refractivity contribution in [2.75, 3.05) is 24.3 Å². The maximum atomic E-state index is 12.8. The zero-order valence-corrected chi connectivity index (χ0v) is 16.7. The van der Waals surface area contributed by atoms with Crippen LogP contribution in [0.15, 0.2) is 47.4 Å². The molecule has 3 rings (SSSR count). The molecule has 1 aliphatic rings. The number of halogens is 3. The smallest absolute Gasteiger partial charge is 0.422 e. The zero-order valence-electron chi connectivity index (χ0n) is 15.9. The summed E-state index contributed by atoms with van der Waals surface area (Å²) in [6.45, 7) is 1.01. The molecule has 2 aromatic carbocycles. The molecule has 1 fully saturated rings. The van der Waals surface area contributed by atoms with Gasteiger partial charge in [0, 0.05) is 28.5 Å². The number of rotatable bonds is 7. The lowest BCUT2D eigenvalue weighted by Gasteiger charge is -2.16. The van der Waals surface area contributed by atoms with E-state index in [1.165, 1.54) is 6.07 Å². The summed E-state index contributed by atoms with van der Waals surface area (Å²) in [7, 11) is 0. The molecule has 1 N–H and O–H groups in total. The molecule has 8 heteroatoms. The fraction of sp³-hybridized carbons (Fsp3) is 0.381. The van der Waals surface area contributed by atoms with Crippen molar-refractivity contribution in [1.29, 1.82) is 0 Å². The van der Waals surface area contributed by atoms with Crippen molar-refractivity contribution in [2.45, 2.75) is 36.9 Å². The molecular weight excluding hydrogens is 403 g/mol. The van der Waals surface area contributed by atoms with Gasteiger partial charge >= 0.3 is 6.18 Å². The summed E-state index contributed by atoms with van der Waals surface area (Å²) < 4.78 is 47.8. The molecule has 0 aliphatic carbocycles. The van der Waals surface area contributed by atoms with Gasteiger partial charge in [-0.25, -0.2) is 0 Å².